The van der Waals surface area contributed by atoms with Crippen LogP contribution in [0.3, 0.4) is 0 Å². The maximum Gasteiger partial charge on any atom is 0.303 e. The summed E-state index contributed by atoms with van der Waals surface area (Å²) in [6.45, 7) is 8.33. The third-order valence-corrected chi connectivity index (χ3v) is 2.93. The number of hydrogen-bond donors (Lipinski definition) is 2. The number of hydrogen-bond acceptors (Lipinski definition) is 2. The second-order valence-electron chi connectivity index (χ2n) is 5.72. The second kappa shape index (κ2) is 5.87. The van der Waals surface area contributed by atoms with Crippen molar-refractivity contribution in [2.45, 2.75) is 46.0 Å². The number of aliphatic carboxylic acids is 1. The summed E-state index contributed by atoms with van der Waals surface area (Å²) < 4.78 is 0. The van der Waals surface area contributed by atoms with Crippen LogP contribution in [0.4, 0.5) is 5.69 Å². The molecule has 0 unspecified atom stereocenters. The number of carbonyl (C=O) groups excluding carboxylic acids is 1. The molecule has 0 aliphatic rings. The fraction of sp³-hybridized carbons (Fsp3) is 0.467. The molecule has 1 aromatic carbocycles. The van der Waals surface area contributed by atoms with Gasteiger partial charge in [-0.25, -0.2) is 0 Å². The standard InChI is InChI=1S/C15H21NO3/c1-10-9-11(15(2,3)4)5-6-12(10)16-13(17)7-8-14(18)19/h5-6,9H,7-8H2,1-4H3,(H,16,17)(H,18,19). The van der Waals surface area contributed by atoms with E-state index in [0.29, 0.717) is 0 Å². The zero-order valence-electron chi connectivity index (χ0n) is 11.9. The van der Waals surface area contributed by atoms with Crippen molar-refractivity contribution in [3.8, 4) is 0 Å². The Labute approximate surface area is 113 Å². The third-order valence-electron chi connectivity index (χ3n) is 2.93. The average Bonchev–Trinajstić information content (AvgIpc) is 2.27. The smallest absolute Gasteiger partial charge is 0.303 e. The monoisotopic (exact) mass is 263 g/mol. The van der Waals surface area contributed by atoms with Crippen LogP contribution in [0.5, 0.6) is 0 Å². The first-order valence-corrected chi connectivity index (χ1v) is 6.33. The quantitative estimate of drug-likeness (QED) is 0.877. The average molecular weight is 263 g/mol. The molecule has 0 atom stereocenters. The van der Waals surface area contributed by atoms with Crippen molar-refractivity contribution < 1.29 is 14.7 Å². The molecular weight excluding hydrogens is 242 g/mol. The van der Waals surface area contributed by atoms with E-state index in [-0.39, 0.29) is 24.2 Å². The topological polar surface area (TPSA) is 66.4 Å². The molecule has 1 amide bonds. The highest BCUT2D eigenvalue weighted by atomic mass is 16.4. The van der Waals surface area contributed by atoms with Crippen LogP contribution >= 0.6 is 0 Å². The van der Waals surface area contributed by atoms with Crippen LogP contribution in [0.2, 0.25) is 0 Å². The number of amides is 1. The lowest BCUT2D eigenvalue weighted by Gasteiger charge is -2.20. The van der Waals surface area contributed by atoms with E-state index in [4.69, 9.17) is 5.11 Å². The van der Waals surface area contributed by atoms with E-state index in [0.717, 1.165) is 11.3 Å². The molecule has 0 aromatic heterocycles. The predicted molar refractivity (Wildman–Crippen MR) is 75.4 cm³/mol. The minimum absolute atomic E-state index is 0.00417. The number of benzene rings is 1. The molecule has 0 heterocycles. The predicted octanol–water partition coefficient (Wildman–Crippen LogP) is 3.10. The van der Waals surface area contributed by atoms with Gasteiger partial charge in [0.05, 0.1) is 6.42 Å². The molecule has 4 heteroatoms. The Morgan fingerprint density at radius 3 is 2.32 bits per heavy atom. The number of rotatable bonds is 4. The first-order valence-electron chi connectivity index (χ1n) is 6.33. The normalized spacial score (nSPS) is 11.2. The second-order valence-corrected chi connectivity index (χ2v) is 5.72. The summed E-state index contributed by atoms with van der Waals surface area (Å²) in [6, 6.07) is 5.90. The van der Waals surface area contributed by atoms with Crippen LogP contribution in [-0.2, 0) is 15.0 Å². The minimum atomic E-state index is -0.963. The summed E-state index contributed by atoms with van der Waals surface area (Å²) >= 11 is 0. The van der Waals surface area contributed by atoms with E-state index in [1.165, 1.54) is 5.56 Å². The maximum atomic E-state index is 11.6. The SMILES string of the molecule is Cc1cc(C(C)(C)C)ccc1NC(=O)CCC(=O)O. The molecule has 2 N–H and O–H groups in total. The zero-order valence-corrected chi connectivity index (χ0v) is 11.9. The van der Waals surface area contributed by atoms with Gasteiger partial charge in [-0.05, 0) is 29.5 Å². The Bertz CT molecular complexity index is 487. The lowest BCUT2D eigenvalue weighted by atomic mass is 9.86. The van der Waals surface area contributed by atoms with Gasteiger partial charge < -0.3 is 10.4 Å². The summed E-state index contributed by atoms with van der Waals surface area (Å²) in [5.74, 6) is -1.23. The number of aryl methyl sites for hydroxylation is 1. The van der Waals surface area contributed by atoms with Crippen LogP contribution in [-0.4, -0.2) is 17.0 Å². The Hall–Kier alpha value is -1.84. The Kier molecular flexibility index (Phi) is 4.70. The van der Waals surface area contributed by atoms with Gasteiger partial charge in [0, 0.05) is 12.1 Å². The van der Waals surface area contributed by atoms with Gasteiger partial charge in [0.1, 0.15) is 0 Å². The van der Waals surface area contributed by atoms with Gasteiger partial charge in [-0.1, -0.05) is 32.9 Å². The van der Waals surface area contributed by atoms with Crippen molar-refractivity contribution in [3.63, 3.8) is 0 Å². The molecule has 1 aromatic rings. The Morgan fingerprint density at radius 1 is 1.21 bits per heavy atom. The summed E-state index contributed by atoms with van der Waals surface area (Å²) in [5.41, 5.74) is 2.99. The van der Waals surface area contributed by atoms with E-state index in [1.54, 1.807) is 0 Å². The molecule has 0 aliphatic carbocycles. The van der Waals surface area contributed by atoms with E-state index >= 15 is 0 Å². The van der Waals surface area contributed by atoms with E-state index in [1.807, 2.05) is 25.1 Å². The summed E-state index contributed by atoms with van der Waals surface area (Å²) in [7, 11) is 0. The van der Waals surface area contributed by atoms with Gasteiger partial charge in [-0.3, -0.25) is 9.59 Å². The molecule has 0 spiro atoms. The molecule has 0 aliphatic heterocycles. The lowest BCUT2D eigenvalue weighted by molar-refractivity contribution is -0.138. The largest absolute Gasteiger partial charge is 0.481 e. The van der Waals surface area contributed by atoms with Crippen LogP contribution in [0.25, 0.3) is 0 Å². The molecule has 0 bridgehead atoms. The summed E-state index contributed by atoms with van der Waals surface area (Å²) in [5, 5.41) is 11.3. The van der Waals surface area contributed by atoms with Gasteiger partial charge >= 0.3 is 5.97 Å². The van der Waals surface area contributed by atoms with Gasteiger partial charge in [0.2, 0.25) is 5.91 Å². The summed E-state index contributed by atoms with van der Waals surface area (Å²) in [4.78, 5) is 22.0. The lowest BCUT2D eigenvalue weighted by Crippen LogP contribution is -2.15. The molecule has 0 radical (unpaired) electrons. The number of carboxylic acid groups (broad SMARTS) is 1. The van der Waals surface area contributed by atoms with Crippen LogP contribution < -0.4 is 5.32 Å². The molecule has 1 rings (SSSR count). The number of nitrogens with one attached hydrogen (secondary N) is 1. The number of anilines is 1. The van der Waals surface area contributed by atoms with Crippen molar-refractivity contribution in [1.82, 2.24) is 0 Å². The molecule has 0 saturated heterocycles. The van der Waals surface area contributed by atoms with Crippen molar-refractivity contribution in [2.24, 2.45) is 0 Å². The molecule has 0 fully saturated rings. The minimum Gasteiger partial charge on any atom is -0.481 e. The van der Waals surface area contributed by atoms with Crippen molar-refractivity contribution in [3.05, 3.63) is 29.3 Å². The highest BCUT2D eigenvalue weighted by Gasteiger charge is 2.15. The number of carboxylic acids is 1. The van der Waals surface area contributed by atoms with Gasteiger partial charge in [0.15, 0.2) is 0 Å². The highest BCUT2D eigenvalue weighted by molar-refractivity contribution is 5.93. The van der Waals surface area contributed by atoms with Gasteiger partial charge in [0.25, 0.3) is 0 Å². The van der Waals surface area contributed by atoms with Crippen molar-refractivity contribution in [1.29, 1.82) is 0 Å². The zero-order chi connectivity index (χ0) is 14.6. The van der Waals surface area contributed by atoms with Gasteiger partial charge in [-0.2, -0.15) is 0 Å². The van der Waals surface area contributed by atoms with Crippen LogP contribution in [0, 0.1) is 6.92 Å². The highest BCUT2D eigenvalue weighted by Crippen LogP contribution is 2.26. The maximum absolute atomic E-state index is 11.6. The molecular formula is C15H21NO3. The van der Waals surface area contributed by atoms with E-state index < -0.39 is 5.97 Å². The van der Waals surface area contributed by atoms with Crippen molar-refractivity contribution >= 4 is 17.6 Å². The molecule has 0 saturated carbocycles. The summed E-state index contributed by atoms with van der Waals surface area (Å²) in [6.07, 6.45) is -0.152. The molecule has 19 heavy (non-hydrogen) atoms. The Balaban J connectivity index is 2.75. The van der Waals surface area contributed by atoms with E-state index in [9.17, 15) is 9.59 Å². The first-order chi connectivity index (χ1) is 8.70. The number of carbonyl (C=O) groups is 2. The fourth-order valence-electron chi connectivity index (χ4n) is 1.70. The molecule has 104 valence electrons. The molecule has 4 nitrogen and oxygen atoms in total. The van der Waals surface area contributed by atoms with Gasteiger partial charge in [-0.15, -0.1) is 0 Å². The van der Waals surface area contributed by atoms with E-state index in [2.05, 4.69) is 26.1 Å². The van der Waals surface area contributed by atoms with Crippen LogP contribution in [0.1, 0.15) is 44.7 Å². The Morgan fingerprint density at radius 2 is 1.84 bits per heavy atom. The first kappa shape index (κ1) is 15.2. The third kappa shape index (κ3) is 4.73. The van der Waals surface area contributed by atoms with Crippen LogP contribution in [0.15, 0.2) is 18.2 Å². The van der Waals surface area contributed by atoms with Crippen molar-refractivity contribution in [2.75, 3.05) is 5.32 Å². The fourth-order valence-corrected chi connectivity index (χ4v) is 1.70.